The van der Waals surface area contributed by atoms with E-state index in [4.69, 9.17) is 23.2 Å². The molecule has 0 aromatic heterocycles. The number of aryl methyl sites for hydroxylation is 1. The van der Waals surface area contributed by atoms with Crippen molar-refractivity contribution in [2.24, 2.45) is 0 Å². The van der Waals surface area contributed by atoms with E-state index in [0.29, 0.717) is 11.1 Å². The second kappa shape index (κ2) is 8.09. The van der Waals surface area contributed by atoms with Gasteiger partial charge >= 0.3 is 0 Å². The van der Waals surface area contributed by atoms with Gasteiger partial charge in [0.05, 0.1) is 0 Å². The van der Waals surface area contributed by atoms with E-state index in [2.05, 4.69) is 36.5 Å². The molecule has 21 heavy (non-hydrogen) atoms. The summed E-state index contributed by atoms with van der Waals surface area (Å²) in [6.45, 7) is 2.12. The minimum Gasteiger partial charge on any atom is -0.316 e. The molecule has 1 unspecified atom stereocenters. The van der Waals surface area contributed by atoms with Crippen molar-refractivity contribution in [3.8, 4) is 0 Å². The molecule has 0 aliphatic carbocycles. The molecule has 0 saturated carbocycles. The van der Waals surface area contributed by atoms with Crippen molar-refractivity contribution in [1.29, 1.82) is 0 Å². The number of thioether (sulfide) groups is 1. The van der Waals surface area contributed by atoms with E-state index < -0.39 is 0 Å². The molecule has 112 valence electrons. The highest BCUT2D eigenvalue weighted by Crippen LogP contribution is 2.24. The Kier molecular flexibility index (Phi) is 6.43. The predicted octanol–water partition coefficient (Wildman–Crippen LogP) is 5.22. The summed E-state index contributed by atoms with van der Waals surface area (Å²) >= 11 is 14.1. The van der Waals surface area contributed by atoms with Crippen LogP contribution in [0, 0.1) is 6.92 Å². The van der Waals surface area contributed by atoms with Gasteiger partial charge in [-0.05, 0) is 50.2 Å². The van der Waals surface area contributed by atoms with Crippen molar-refractivity contribution in [2.75, 3.05) is 12.8 Å². The van der Waals surface area contributed by atoms with Gasteiger partial charge in [0.25, 0.3) is 0 Å². The second-order valence-corrected chi connectivity index (χ2v) is 6.99. The molecule has 0 fully saturated rings. The summed E-state index contributed by atoms with van der Waals surface area (Å²) in [4.78, 5) is 1.30. The first kappa shape index (κ1) is 16.7. The van der Waals surface area contributed by atoms with Crippen LogP contribution in [0.25, 0.3) is 0 Å². The van der Waals surface area contributed by atoms with Gasteiger partial charge < -0.3 is 5.32 Å². The van der Waals surface area contributed by atoms with Crippen LogP contribution in [0.4, 0.5) is 0 Å². The molecule has 0 bridgehead atoms. The lowest BCUT2D eigenvalue weighted by Gasteiger charge is -2.17. The van der Waals surface area contributed by atoms with Crippen LogP contribution in [-0.4, -0.2) is 18.8 Å². The maximum Gasteiger partial charge on any atom is 0.0453 e. The third-order valence-corrected chi connectivity index (χ3v) is 5.07. The fraction of sp³-hybridized carbons (Fsp3) is 0.294. The van der Waals surface area contributed by atoms with Gasteiger partial charge in [-0.25, -0.2) is 0 Å². The van der Waals surface area contributed by atoms with Crippen molar-refractivity contribution in [1.82, 2.24) is 5.32 Å². The Morgan fingerprint density at radius 1 is 1.14 bits per heavy atom. The lowest BCUT2D eigenvalue weighted by Crippen LogP contribution is -2.30. The first-order valence-corrected chi connectivity index (χ1v) is 8.63. The van der Waals surface area contributed by atoms with E-state index in [1.165, 1.54) is 10.5 Å². The first-order chi connectivity index (χ1) is 10.1. The lowest BCUT2D eigenvalue weighted by atomic mass is 10.1. The average Bonchev–Trinajstić information content (AvgIpc) is 2.45. The highest BCUT2D eigenvalue weighted by molar-refractivity contribution is 7.99. The molecule has 0 amide bonds. The molecule has 2 aromatic carbocycles. The van der Waals surface area contributed by atoms with Crippen molar-refractivity contribution in [2.45, 2.75) is 24.3 Å². The number of nitrogens with one attached hydrogen (secondary N) is 1. The van der Waals surface area contributed by atoms with Crippen LogP contribution in [-0.2, 0) is 6.42 Å². The van der Waals surface area contributed by atoms with E-state index >= 15 is 0 Å². The molecule has 1 atom stereocenters. The zero-order chi connectivity index (χ0) is 15.2. The Morgan fingerprint density at radius 2 is 1.95 bits per heavy atom. The fourth-order valence-electron chi connectivity index (χ4n) is 2.10. The summed E-state index contributed by atoms with van der Waals surface area (Å²) in [5.41, 5.74) is 2.42. The van der Waals surface area contributed by atoms with Gasteiger partial charge in [0.15, 0.2) is 0 Å². The second-order valence-electron chi connectivity index (χ2n) is 5.05. The summed E-state index contributed by atoms with van der Waals surface area (Å²) in [6.07, 6.45) is 0.894. The van der Waals surface area contributed by atoms with Gasteiger partial charge in [0, 0.05) is 26.7 Å². The molecule has 2 aromatic rings. The van der Waals surface area contributed by atoms with E-state index in [1.807, 2.05) is 30.9 Å². The van der Waals surface area contributed by atoms with Crippen LogP contribution < -0.4 is 5.32 Å². The van der Waals surface area contributed by atoms with Gasteiger partial charge in [-0.1, -0.05) is 47.0 Å². The Hall–Kier alpha value is -0.670. The zero-order valence-corrected chi connectivity index (χ0v) is 14.5. The van der Waals surface area contributed by atoms with E-state index in [9.17, 15) is 0 Å². The number of halogens is 2. The van der Waals surface area contributed by atoms with E-state index in [-0.39, 0.29) is 0 Å². The number of benzene rings is 2. The normalized spacial score (nSPS) is 12.4. The van der Waals surface area contributed by atoms with Gasteiger partial charge in [-0.15, -0.1) is 11.8 Å². The monoisotopic (exact) mass is 339 g/mol. The Balaban J connectivity index is 1.97. The highest BCUT2D eigenvalue weighted by atomic mass is 35.5. The fourth-order valence-corrected chi connectivity index (χ4v) is 3.71. The molecule has 0 heterocycles. The summed E-state index contributed by atoms with van der Waals surface area (Å²) < 4.78 is 0. The molecule has 0 radical (unpaired) electrons. The van der Waals surface area contributed by atoms with Crippen LogP contribution in [0.3, 0.4) is 0 Å². The topological polar surface area (TPSA) is 12.0 Å². The van der Waals surface area contributed by atoms with E-state index in [1.54, 1.807) is 6.07 Å². The molecule has 0 spiro atoms. The number of rotatable bonds is 6. The van der Waals surface area contributed by atoms with Crippen molar-refractivity contribution in [3.05, 3.63) is 63.6 Å². The SMILES string of the molecule is CNC(CSc1cccc(C)c1)Cc1ccc(Cl)cc1Cl. The molecule has 1 nitrogen and oxygen atoms in total. The minimum absolute atomic E-state index is 0.370. The maximum absolute atomic E-state index is 6.25. The average molecular weight is 340 g/mol. The third kappa shape index (κ3) is 5.23. The highest BCUT2D eigenvalue weighted by Gasteiger charge is 2.11. The minimum atomic E-state index is 0.370. The van der Waals surface area contributed by atoms with Crippen LogP contribution in [0.15, 0.2) is 47.4 Å². The van der Waals surface area contributed by atoms with Crippen LogP contribution in [0.5, 0.6) is 0 Å². The van der Waals surface area contributed by atoms with Gasteiger partial charge in [0.2, 0.25) is 0 Å². The smallest absolute Gasteiger partial charge is 0.0453 e. The summed E-state index contributed by atoms with van der Waals surface area (Å²) in [6, 6.07) is 14.7. The van der Waals surface area contributed by atoms with Crippen molar-refractivity contribution < 1.29 is 0 Å². The molecule has 0 aliphatic heterocycles. The van der Waals surface area contributed by atoms with Crippen LogP contribution >= 0.6 is 35.0 Å². The molecule has 0 saturated heterocycles. The summed E-state index contributed by atoms with van der Waals surface area (Å²) in [5.74, 6) is 0.999. The molecular formula is C17H19Cl2NS. The number of hydrogen-bond donors (Lipinski definition) is 1. The summed E-state index contributed by atoms with van der Waals surface area (Å²) in [5, 5.41) is 4.78. The van der Waals surface area contributed by atoms with Crippen molar-refractivity contribution >= 4 is 35.0 Å². The summed E-state index contributed by atoms with van der Waals surface area (Å²) in [7, 11) is 1.99. The van der Waals surface area contributed by atoms with Crippen LogP contribution in [0.2, 0.25) is 10.0 Å². The quantitative estimate of drug-likeness (QED) is 0.723. The molecule has 4 heteroatoms. The first-order valence-electron chi connectivity index (χ1n) is 6.89. The van der Waals surface area contributed by atoms with Gasteiger partial charge in [-0.2, -0.15) is 0 Å². The maximum atomic E-state index is 6.25. The van der Waals surface area contributed by atoms with Gasteiger partial charge in [0.1, 0.15) is 0 Å². The van der Waals surface area contributed by atoms with E-state index in [0.717, 1.165) is 22.8 Å². The zero-order valence-electron chi connectivity index (χ0n) is 12.2. The Labute approximate surface area is 141 Å². The number of likely N-dealkylation sites (N-methyl/N-ethyl adjacent to an activating group) is 1. The molecule has 0 aliphatic rings. The molecular weight excluding hydrogens is 321 g/mol. The molecule has 1 N–H and O–H groups in total. The standard InChI is InChI=1S/C17H19Cl2NS/c1-12-4-3-5-16(8-12)21-11-15(20-2)9-13-6-7-14(18)10-17(13)19/h3-8,10,15,20H,9,11H2,1-2H3. The molecule has 2 rings (SSSR count). The predicted molar refractivity (Wildman–Crippen MR) is 94.9 cm³/mol. The Bertz CT molecular complexity index is 601. The lowest BCUT2D eigenvalue weighted by molar-refractivity contribution is 0.617. The van der Waals surface area contributed by atoms with Crippen molar-refractivity contribution in [3.63, 3.8) is 0 Å². The third-order valence-electron chi connectivity index (χ3n) is 3.33. The Morgan fingerprint density at radius 3 is 2.62 bits per heavy atom. The van der Waals surface area contributed by atoms with Gasteiger partial charge in [-0.3, -0.25) is 0 Å². The largest absolute Gasteiger partial charge is 0.316 e. The van der Waals surface area contributed by atoms with Crippen LogP contribution in [0.1, 0.15) is 11.1 Å². The number of hydrogen-bond acceptors (Lipinski definition) is 2.